The largest absolute Gasteiger partial charge is 0.381 e. The van der Waals surface area contributed by atoms with E-state index >= 15 is 0 Å². The van der Waals surface area contributed by atoms with Crippen molar-refractivity contribution in [3.05, 3.63) is 71.3 Å². The Balaban J connectivity index is 1.46. The van der Waals surface area contributed by atoms with Gasteiger partial charge >= 0.3 is 0 Å². The summed E-state index contributed by atoms with van der Waals surface area (Å²) in [6.45, 7) is 3.39. The Morgan fingerprint density at radius 2 is 1.74 bits per heavy atom. The third-order valence-electron chi connectivity index (χ3n) is 3.66. The van der Waals surface area contributed by atoms with E-state index < -0.39 is 0 Å². The van der Waals surface area contributed by atoms with Crippen molar-refractivity contribution in [3.8, 4) is 6.07 Å². The van der Waals surface area contributed by atoms with Gasteiger partial charge in [-0.3, -0.25) is 0 Å². The van der Waals surface area contributed by atoms with Crippen LogP contribution in [0.5, 0.6) is 0 Å². The SMILES string of the molecule is N#Cc1cccc(CNCCCCOCCc2ccccc2)c1. The van der Waals surface area contributed by atoms with E-state index in [1.54, 1.807) is 0 Å². The first-order valence-electron chi connectivity index (χ1n) is 8.20. The monoisotopic (exact) mass is 308 g/mol. The summed E-state index contributed by atoms with van der Waals surface area (Å²) in [5.41, 5.74) is 3.20. The fourth-order valence-corrected chi connectivity index (χ4v) is 2.37. The average molecular weight is 308 g/mol. The van der Waals surface area contributed by atoms with Crippen molar-refractivity contribution < 1.29 is 4.74 Å². The van der Waals surface area contributed by atoms with Crippen molar-refractivity contribution in [2.45, 2.75) is 25.8 Å². The van der Waals surface area contributed by atoms with Gasteiger partial charge in [-0.1, -0.05) is 42.5 Å². The van der Waals surface area contributed by atoms with E-state index in [4.69, 9.17) is 10.00 Å². The molecule has 0 fully saturated rings. The number of nitriles is 1. The van der Waals surface area contributed by atoms with E-state index in [1.807, 2.05) is 30.3 Å². The molecule has 0 radical (unpaired) electrons. The van der Waals surface area contributed by atoms with E-state index in [-0.39, 0.29) is 0 Å². The second-order valence-electron chi connectivity index (χ2n) is 5.54. The van der Waals surface area contributed by atoms with Gasteiger partial charge in [-0.05, 0) is 49.1 Å². The van der Waals surface area contributed by atoms with Gasteiger partial charge in [-0.25, -0.2) is 0 Å². The number of nitrogens with zero attached hydrogens (tertiary/aromatic N) is 1. The highest BCUT2D eigenvalue weighted by molar-refractivity contribution is 5.32. The van der Waals surface area contributed by atoms with Gasteiger partial charge < -0.3 is 10.1 Å². The number of hydrogen-bond acceptors (Lipinski definition) is 3. The van der Waals surface area contributed by atoms with Crippen molar-refractivity contribution in [2.24, 2.45) is 0 Å². The highest BCUT2D eigenvalue weighted by Gasteiger charge is 1.96. The fraction of sp³-hybridized carbons (Fsp3) is 0.350. The van der Waals surface area contributed by atoms with Gasteiger partial charge in [-0.2, -0.15) is 5.26 Å². The Labute approximate surface area is 138 Å². The lowest BCUT2D eigenvalue weighted by atomic mass is 10.1. The van der Waals surface area contributed by atoms with Crippen LogP contribution in [0.1, 0.15) is 29.5 Å². The summed E-state index contributed by atoms with van der Waals surface area (Å²) in [6.07, 6.45) is 3.15. The smallest absolute Gasteiger partial charge is 0.0991 e. The second-order valence-corrected chi connectivity index (χ2v) is 5.54. The van der Waals surface area contributed by atoms with E-state index in [9.17, 15) is 0 Å². The molecule has 120 valence electrons. The first kappa shape index (κ1) is 17.2. The standard InChI is InChI=1S/C20H24N2O/c21-16-19-9-6-10-20(15-19)17-22-12-4-5-13-23-14-11-18-7-2-1-3-8-18/h1-3,6-10,15,22H,4-5,11-14,17H2. The molecule has 3 heteroatoms. The molecule has 0 bridgehead atoms. The summed E-state index contributed by atoms with van der Waals surface area (Å²) in [5, 5.41) is 12.3. The third-order valence-corrected chi connectivity index (χ3v) is 3.66. The maximum Gasteiger partial charge on any atom is 0.0991 e. The Kier molecular flexibility index (Phi) is 7.90. The van der Waals surface area contributed by atoms with Crippen LogP contribution < -0.4 is 5.32 Å². The molecule has 0 atom stereocenters. The molecule has 3 nitrogen and oxygen atoms in total. The average Bonchev–Trinajstić information content (AvgIpc) is 2.61. The summed E-state index contributed by atoms with van der Waals surface area (Å²) in [5.74, 6) is 0. The minimum atomic E-state index is 0.719. The molecule has 0 unspecified atom stereocenters. The summed E-state index contributed by atoms with van der Waals surface area (Å²) >= 11 is 0. The first-order valence-corrected chi connectivity index (χ1v) is 8.20. The van der Waals surface area contributed by atoms with Gasteiger partial charge in [0.1, 0.15) is 0 Å². The minimum absolute atomic E-state index is 0.719. The van der Waals surface area contributed by atoms with Crippen LogP contribution in [-0.4, -0.2) is 19.8 Å². The molecule has 0 aliphatic carbocycles. The Hall–Kier alpha value is -2.15. The molecular weight excluding hydrogens is 284 g/mol. The molecule has 0 saturated carbocycles. The Bertz CT molecular complexity index is 605. The van der Waals surface area contributed by atoms with Crippen LogP contribution in [0.4, 0.5) is 0 Å². The molecule has 0 heterocycles. The quantitative estimate of drug-likeness (QED) is 0.681. The summed E-state index contributed by atoms with van der Waals surface area (Å²) in [6, 6.07) is 20.3. The van der Waals surface area contributed by atoms with Crippen molar-refractivity contribution in [1.29, 1.82) is 5.26 Å². The second kappa shape index (κ2) is 10.6. The number of unbranched alkanes of at least 4 members (excludes halogenated alkanes) is 1. The molecule has 0 aliphatic rings. The Morgan fingerprint density at radius 3 is 2.57 bits per heavy atom. The lowest BCUT2D eigenvalue weighted by Crippen LogP contribution is -2.15. The van der Waals surface area contributed by atoms with Crippen molar-refractivity contribution in [3.63, 3.8) is 0 Å². The number of hydrogen-bond donors (Lipinski definition) is 1. The predicted octanol–water partition coefficient (Wildman–Crippen LogP) is 3.69. The zero-order chi connectivity index (χ0) is 16.2. The molecule has 0 spiro atoms. The van der Waals surface area contributed by atoms with Gasteiger partial charge in [0, 0.05) is 13.2 Å². The zero-order valence-electron chi connectivity index (χ0n) is 13.5. The fourth-order valence-electron chi connectivity index (χ4n) is 2.37. The molecular formula is C20H24N2O. The van der Waals surface area contributed by atoms with E-state index in [1.165, 1.54) is 5.56 Å². The lowest BCUT2D eigenvalue weighted by molar-refractivity contribution is 0.133. The van der Waals surface area contributed by atoms with E-state index in [0.29, 0.717) is 0 Å². The van der Waals surface area contributed by atoms with Crippen molar-refractivity contribution in [2.75, 3.05) is 19.8 Å². The number of rotatable bonds is 10. The Morgan fingerprint density at radius 1 is 0.913 bits per heavy atom. The molecule has 0 aliphatic heterocycles. The van der Waals surface area contributed by atoms with Gasteiger partial charge in [0.15, 0.2) is 0 Å². The van der Waals surface area contributed by atoms with Crippen LogP contribution in [0.2, 0.25) is 0 Å². The van der Waals surface area contributed by atoms with Crippen LogP contribution in [0, 0.1) is 11.3 Å². The van der Waals surface area contributed by atoms with Crippen molar-refractivity contribution in [1.82, 2.24) is 5.32 Å². The van der Waals surface area contributed by atoms with Gasteiger partial charge in [0.2, 0.25) is 0 Å². The summed E-state index contributed by atoms with van der Waals surface area (Å²) in [7, 11) is 0. The maximum absolute atomic E-state index is 8.86. The molecule has 2 aromatic rings. The highest BCUT2D eigenvalue weighted by Crippen LogP contribution is 2.04. The first-order chi connectivity index (χ1) is 11.4. The predicted molar refractivity (Wildman–Crippen MR) is 93.1 cm³/mol. The number of ether oxygens (including phenoxy) is 1. The zero-order valence-corrected chi connectivity index (χ0v) is 13.5. The molecule has 0 saturated heterocycles. The van der Waals surface area contributed by atoms with Gasteiger partial charge in [0.05, 0.1) is 18.2 Å². The number of nitrogens with one attached hydrogen (secondary N) is 1. The molecule has 0 aromatic heterocycles. The van der Waals surface area contributed by atoms with Gasteiger partial charge in [0.25, 0.3) is 0 Å². The van der Waals surface area contributed by atoms with E-state index in [2.05, 4.69) is 35.7 Å². The van der Waals surface area contributed by atoms with Crippen LogP contribution in [0.25, 0.3) is 0 Å². The summed E-state index contributed by atoms with van der Waals surface area (Å²) in [4.78, 5) is 0. The topological polar surface area (TPSA) is 45.0 Å². The van der Waals surface area contributed by atoms with Crippen LogP contribution in [-0.2, 0) is 17.7 Å². The van der Waals surface area contributed by atoms with Gasteiger partial charge in [-0.15, -0.1) is 0 Å². The lowest BCUT2D eigenvalue weighted by Gasteiger charge is -2.06. The third kappa shape index (κ3) is 7.10. The number of benzene rings is 2. The molecule has 0 amide bonds. The van der Waals surface area contributed by atoms with Crippen LogP contribution in [0.15, 0.2) is 54.6 Å². The minimum Gasteiger partial charge on any atom is -0.381 e. The molecule has 2 rings (SSSR count). The molecule has 2 aromatic carbocycles. The highest BCUT2D eigenvalue weighted by atomic mass is 16.5. The van der Waals surface area contributed by atoms with Crippen LogP contribution >= 0.6 is 0 Å². The van der Waals surface area contributed by atoms with Crippen molar-refractivity contribution >= 4 is 0 Å². The maximum atomic E-state index is 8.86. The summed E-state index contributed by atoms with van der Waals surface area (Å²) < 4.78 is 5.67. The van der Waals surface area contributed by atoms with Crippen LogP contribution in [0.3, 0.4) is 0 Å². The van der Waals surface area contributed by atoms with E-state index in [0.717, 1.165) is 56.7 Å². The molecule has 23 heavy (non-hydrogen) atoms. The normalized spacial score (nSPS) is 10.4. The molecule has 1 N–H and O–H groups in total.